The molecule has 0 unspecified atom stereocenters. The van der Waals surface area contributed by atoms with Gasteiger partial charge in [0.1, 0.15) is 5.54 Å². The van der Waals surface area contributed by atoms with Crippen molar-refractivity contribution in [2.75, 3.05) is 18.4 Å². The van der Waals surface area contributed by atoms with E-state index in [2.05, 4.69) is 20.7 Å². The second-order valence-electron chi connectivity index (χ2n) is 6.63. The summed E-state index contributed by atoms with van der Waals surface area (Å²) in [4.78, 5) is 18.6. The lowest BCUT2D eigenvalue weighted by Gasteiger charge is -2.36. The molecule has 0 aliphatic carbocycles. The van der Waals surface area contributed by atoms with Crippen molar-refractivity contribution in [2.24, 2.45) is 7.05 Å². The highest BCUT2D eigenvalue weighted by Crippen LogP contribution is 2.30. The number of carbonyl (C=O) groups excluding carboxylic acids is 1. The number of anilines is 1. The molecule has 1 aliphatic heterocycles. The first-order valence-corrected chi connectivity index (χ1v) is 9.77. The van der Waals surface area contributed by atoms with E-state index in [-0.39, 0.29) is 18.3 Å². The number of nitrogens with one attached hydrogen (secondary N) is 2. The average Bonchev–Trinajstić information content (AvgIpc) is 3.37. The third-order valence-electron chi connectivity index (χ3n) is 4.89. The molecule has 28 heavy (non-hydrogen) atoms. The second kappa shape index (κ2) is 8.81. The Kier molecular flexibility index (Phi) is 6.43. The van der Waals surface area contributed by atoms with E-state index < -0.39 is 5.54 Å². The fourth-order valence-electron chi connectivity index (χ4n) is 3.33. The number of imidazole rings is 1. The average molecular weight is 419 g/mol. The van der Waals surface area contributed by atoms with Crippen LogP contribution in [-0.2, 0) is 17.4 Å². The lowest BCUT2D eigenvalue weighted by atomic mass is 9.87. The molecule has 1 amide bonds. The Balaban J connectivity index is 0.00000225. The summed E-state index contributed by atoms with van der Waals surface area (Å²) < 4.78 is 3.78. The molecule has 0 saturated carbocycles. The largest absolute Gasteiger partial charge is 0.329 e. The summed E-state index contributed by atoms with van der Waals surface area (Å²) in [5.41, 5.74) is 0.143. The van der Waals surface area contributed by atoms with Crippen LogP contribution in [0, 0.1) is 0 Å². The number of piperidine rings is 1. The molecule has 1 fully saturated rings. The third kappa shape index (κ3) is 4.09. The van der Waals surface area contributed by atoms with Gasteiger partial charge in [-0.1, -0.05) is 11.8 Å². The number of amides is 1. The monoisotopic (exact) mass is 418 g/mol. The zero-order chi connectivity index (χ0) is 18.7. The van der Waals surface area contributed by atoms with Gasteiger partial charge in [-0.15, -0.1) is 12.4 Å². The first kappa shape index (κ1) is 20.4. The highest BCUT2D eigenvalue weighted by molar-refractivity contribution is 7.99. The maximum atomic E-state index is 13.2. The summed E-state index contributed by atoms with van der Waals surface area (Å²) in [5, 5.41) is 11.7. The van der Waals surface area contributed by atoms with Crippen LogP contribution in [0.2, 0.25) is 0 Å². The minimum atomic E-state index is -0.644. The highest BCUT2D eigenvalue weighted by Gasteiger charge is 2.42. The molecule has 2 aromatic heterocycles. The van der Waals surface area contributed by atoms with Gasteiger partial charge in [-0.25, -0.2) is 4.98 Å². The number of nitrogens with zero attached hydrogens (tertiary/aromatic N) is 4. The summed E-state index contributed by atoms with van der Waals surface area (Å²) in [7, 11) is 1.97. The summed E-state index contributed by atoms with van der Waals surface area (Å²) in [5.74, 6) is -0.0165. The van der Waals surface area contributed by atoms with Gasteiger partial charge in [-0.2, -0.15) is 5.10 Å². The first-order valence-electron chi connectivity index (χ1n) is 8.95. The van der Waals surface area contributed by atoms with Gasteiger partial charge in [0.05, 0.1) is 0 Å². The smallest absolute Gasteiger partial charge is 0.252 e. The number of halogens is 1. The van der Waals surface area contributed by atoms with Gasteiger partial charge in [-0.05, 0) is 56.3 Å². The van der Waals surface area contributed by atoms with Gasteiger partial charge in [0.25, 0.3) is 5.91 Å². The van der Waals surface area contributed by atoms with Crippen molar-refractivity contribution >= 4 is 35.8 Å². The van der Waals surface area contributed by atoms with E-state index in [1.54, 1.807) is 28.8 Å². The molecule has 1 aromatic carbocycles. The highest BCUT2D eigenvalue weighted by atomic mass is 35.5. The van der Waals surface area contributed by atoms with E-state index in [0.29, 0.717) is 12.8 Å². The topological polar surface area (TPSA) is 76.8 Å². The Morgan fingerprint density at radius 3 is 2.54 bits per heavy atom. The summed E-state index contributed by atoms with van der Waals surface area (Å²) in [6.07, 6.45) is 8.73. The summed E-state index contributed by atoms with van der Waals surface area (Å²) in [6.45, 7) is 1.60. The molecule has 0 radical (unpaired) electrons. The van der Waals surface area contributed by atoms with Crippen molar-refractivity contribution in [3.05, 3.63) is 55.1 Å². The number of aryl methyl sites for hydroxylation is 1. The van der Waals surface area contributed by atoms with Crippen LogP contribution < -0.4 is 10.6 Å². The van der Waals surface area contributed by atoms with E-state index in [4.69, 9.17) is 0 Å². The van der Waals surface area contributed by atoms with Crippen LogP contribution in [0.5, 0.6) is 0 Å². The number of carbonyl (C=O) groups is 1. The van der Waals surface area contributed by atoms with Crippen LogP contribution in [0.25, 0.3) is 0 Å². The van der Waals surface area contributed by atoms with Gasteiger partial charge in [-0.3, -0.25) is 9.48 Å². The number of rotatable bonds is 5. The molecule has 1 aliphatic rings. The van der Waals surface area contributed by atoms with Gasteiger partial charge in [0.15, 0.2) is 5.16 Å². The zero-order valence-corrected chi connectivity index (χ0v) is 17.2. The Hall–Kier alpha value is -2.29. The normalized spacial score (nSPS) is 15.6. The molecule has 1 saturated heterocycles. The standard InChI is InChI=1S/C19H22N6OS.ClH/c1-24-14-12-21-18(24)27-16-5-3-15(4-6-16)23-17(26)19(7-10-20-11-8-19)25-13-2-9-22-25;/h2-6,9,12-14,20H,7-8,10-11H2,1H3,(H,23,26);1H. The molecule has 148 valence electrons. The molecular weight excluding hydrogens is 396 g/mol. The molecule has 7 nitrogen and oxygen atoms in total. The van der Waals surface area contributed by atoms with Crippen molar-refractivity contribution in [2.45, 2.75) is 28.4 Å². The molecule has 2 N–H and O–H groups in total. The molecule has 0 atom stereocenters. The minimum absolute atomic E-state index is 0. The van der Waals surface area contributed by atoms with E-state index in [1.807, 2.05) is 54.3 Å². The van der Waals surface area contributed by atoms with Crippen LogP contribution in [0.4, 0.5) is 5.69 Å². The third-order valence-corrected chi connectivity index (χ3v) is 5.98. The number of hydrogen-bond donors (Lipinski definition) is 2. The van der Waals surface area contributed by atoms with Crippen LogP contribution in [-0.4, -0.2) is 38.3 Å². The molecule has 4 rings (SSSR count). The van der Waals surface area contributed by atoms with Crippen molar-refractivity contribution in [1.82, 2.24) is 24.6 Å². The van der Waals surface area contributed by atoms with Gasteiger partial charge >= 0.3 is 0 Å². The maximum absolute atomic E-state index is 13.2. The fourth-order valence-corrected chi connectivity index (χ4v) is 4.13. The van der Waals surface area contributed by atoms with E-state index in [0.717, 1.165) is 28.8 Å². The van der Waals surface area contributed by atoms with Crippen molar-refractivity contribution < 1.29 is 4.79 Å². The number of aromatic nitrogens is 4. The van der Waals surface area contributed by atoms with Crippen molar-refractivity contribution in [3.63, 3.8) is 0 Å². The summed E-state index contributed by atoms with van der Waals surface area (Å²) >= 11 is 1.59. The van der Waals surface area contributed by atoms with Gasteiger partial charge in [0.2, 0.25) is 0 Å². The van der Waals surface area contributed by atoms with Crippen LogP contribution in [0.1, 0.15) is 12.8 Å². The van der Waals surface area contributed by atoms with Crippen LogP contribution >= 0.6 is 24.2 Å². The predicted octanol–water partition coefficient (Wildman–Crippen LogP) is 2.91. The van der Waals surface area contributed by atoms with E-state index in [1.165, 1.54) is 0 Å². The molecule has 0 bridgehead atoms. The van der Waals surface area contributed by atoms with Gasteiger partial charge in [0, 0.05) is 42.4 Å². The Bertz CT molecular complexity index is 903. The van der Waals surface area contributed by atoms with Crippen LogP contribution in [0.15, 0.2) is 65.2 Å². The quantitative estimate of drug-likeness (QED) is 0.666. The van der Waals surface area contributed by atoms with E-state index in [9.17, 15) is 4.79 Å². The summed E-state index contributed by atoms with van der Waals surface area (Å²) in [6, 6.07) is 9.72. The molecule has 9 heteroatoms. The SMILES string of the molecule is Cl.Cn1ccnc1Sc1ccc(NC(=O)C2(n3cccn3)CCNCC2)cc1. The van der Waals surface area contributed by atoms with E-state index >= 15 is 0 Å². The fraction of sp³-hybridized carbons (Fsp3) is 0.316. The van der Waals surface area contributed by atoms with Gasteiger partial charge < -0.3 is 15.2 Å². The zero-order valence-electron chi connectivity index (χ0n) is 15.5. The molecule has 3 heterocycles. The lowest BCUT2D eigenvalue weighted by molar-refractivity contribution is -0.126. The molecule has 0 spiro atoms. The Morgan fingerprint density at radius 1 is 1.18 bits per heavy atom. The first-order chi connectivity index (χ1) is 13.2. The minimum Gasteiger partial charge on any atom is -0.329 e. The number of hydrogen-bond acceptors (Lipinski definition) is 5. The van der Waals surface area contributed by atoms with Crippen molar-refractivity contribution in [3.8, 4) is 0 Å². The predicted molar refractivity (Wildman–Crippen MR) is 112 cm³/mol. The maximum Gasteiger partial charge on any atom is 0.252 e. The van der Waals surface area contributed by atoms with Crippen molar-refractivity contribution in [1.29, 1.82) is 0 Å². The Labute approximate surface area is 174 Å². The molecular formula is C19H23ClN6OS. The second-order valence-corrected chi connectivity index (χ2v) is 7.67. The Morgan fingerprint density at radius 2 is 1.93 bits per heavy atom. The number of benzene rings is 1. The lowest BCUT2D eigenvalue weighted by Crippen LogP contribution is -2.52. The van der Waals surface area contributed by atoms with Crippen LogP contribution in [0.3, 0.4) is 0 Å². The molecule has 3 aromatic rings.